The summed E-state index contributed by atoms with van der Waals surface area (Å²) in [6.45, 7) is 2.11. The predicted molar refractivity (Wildman–Crippen MR) is 78.1 cm³/mol. The van der Waals surface area contributed by atoms with Gasteiger partial charge in [0.1, 0.15) is 0 Å². The van der Waals surface area contributed by atoms with Gasteiger partial charge in [0.25, 0.3) is 5.91 Å². The van der Waals surface area contributed by atoms with E-state index in [4.69, 9.17) is 5.73 Å². The molecule has 0 bridgehead atoms. The first kappa shape index (κ1) is 15.7. The number of carbonyl (C=O) groups is 2. The second-order valence-electron chi connectivity index (χ2n) is 4.53. The molecule has 5 nitrogen and oxygen atoms in total. The first-order valence-corrected chi connectivity index (χ1v) is 6.23. The Hall–Kier alpha value is -2.32. The van der Waals surface area contributed by atoms with Crippen LogP contribution in [0.1, 0.15) is 21.5 Å². The van der Waals surface area contributed by atoms with Crippen molar-refractivity contribution in [2.45, 2.75) is 6.92 Å². The highest BCUT2D eigenvalue weighted by molar-refractivity contribution is 5.98. The fraction of sp³-hybridized carbons (Fsp3) is 0.333. The third-order valence-corrected chi connectivity index (χ3v) is 2.64. The summed E-state index contributed by atoms with van der Waals surface area (Å²) in [5, 5.41) is 2.59. The quantitative estimate of drug-likeness (QED) is 0.768. The summed E-state index contributed by atoms with van der Waals surface area (Å²) < 4.78 is 0. The highest BCUT2D eigenvalue weighted by atomic mass is 16.2. The van der Waals surface area contributed by atoms with Gasteiger partial charge in [-0.2, -0.15) is 0 Å². The maximum atomic E-state index is 12.1. The number of nitrogens with zero attached hydrogens (tertiary/aromatic N) is 1. The number of nitrogens with two attached hydrogens (primary N) is 1. The molecule has 0 unspecified atom stereocenters. The molecule has 0 spiro atoms. The van der Waals surface area contributed by atoms with Gasteiger partial charge in [0.2, 0.25) is 5.91 Å². The lowest BCUT2D eigenvalue weighted by Gasteiger charge is -2.11. The molecule has 2 amide bonds. The number of carbonyl (C=O) groups excluding carboxylic acids is 2. The maximum Gasteiger partial charge on any atom is 0.252 e. The van der Waals surface area contributed by atoms with Gasteiger partial charge < -0.3 is 16.0 Å². The van der Waals surface area contributed by atoms with Crippen molar-refractivity contribution in [2.24, 2.45) is 5.73 Å². The molecule has 3 N–H and O–H groups in total. The SMILES string of the molecule is Cc1ccc(C(=O)NCC(=O)N(C)C)c(C#CCN)c1. The Bertz CT molecular complexity index is 568. The number of aryl methyl sites for hydroxylation is 1. The van der Waals surface area contributed by atoms with Crippen molar-refractivity contribution in [3.8, 4) is 11.8 Å². The Balaban J connectivity index is 2.90. The van der Waals surface area contributed by atoms with Crippen molar-refractivity contribution < 1.29 is 9.59 Å². The van der Waals surface area contributed by atoms with Gasteiger partial charge in [0.15, 0.2) is 0 Å². The number of hydrogen-bond acceptors (Lipinski definition) is 3. The van der Waals surface area contributed by atoms with E-state index in [-0.39, 0.29) is 24.9 Å². The highest BCUT2D eigenvalue weighted by Gasteiger charge is 2.12. The molecule has 0 atom stereocenters. The lowest BCUT2D eigenvalue weighted by Crippen LogP contribution is -2.36. The molecule has 0 aromatic heterocycles. The molecular weight excluding hydrogens is 254 g/mol. The van der Waals surface area contributed by atoms with E-state index in [0.717, 1.165) is 5.56 Å². The van der Waals surface area contributed by atoms with Gasteiger partial charge >= 0.3 is 0 Å². The van der Waals surface area contributed by atoms with Gasteiger partial charge in [-0.1, -0.05) is 17.9 Å². The van der Waals surface area contributed by atoms with Crippen LogP contribution in [0.5, 0.6) is 0 Å². The standard InChI is InChI=1S/C15H19N3O2/c1-11-6-7-13(12(9-11)5-4-8-16)15(20)17-10-14(19)18(2)3/h6-7,9H,8,10,16H2,1-3H3,(H,17,20). The van der Waals surface area contributed by atoms with Crippen LogP contribution < -0.4 is 11.1 Å². The number of nitrogens with one attached hydrogen (secondary N) is 1. The summed E-state index contributed by atoms with van der Waals surface area (Å²) in [6, 6.07) is 5.35. The molecule has 1 aromatic carbocycles. The van der Waals surface area contributed by atoms with E-state index in [1.807, 2.05) is 19.1 Å². The number of hydrogen-bond donors (Lipinski definition) is 2. The topological polar surface area (TPSA) is 75.4 Å². The Labute approximate surface area is 119 Å². The second-order valence-corrected chi connectivity index (χ2v) is 4.53. The Morgan fingerprint density at radius 3 is 2.65 bits per heavy atom. The molecule has 0 aliphatic heterocycles. The minimum Gasteiger partial charge on any atom is -0.347 e. The molecule has 0 aliphatic rings. The van der Waals surface area contributed by atoms with Crippen molar-refractivity contribution in [1.82, 2.24) is 10.2 Å². The van der Waals surface area contributed by atoms with Gasteiger partial charge in [-0.05, 0) is 24.6 Å². The molecule has 1 rings (SSSR count). The number of likely N-dealkylation sites (N-methyl/N-ethyl adjacent to an activating group) is 1. The van der Waals surface area contributed by atoms with E-state index in [1.165, 1.54) is 4.90 Å². The van der Waals surface area contributed by atoms with Crippen LogP contribution in [0.4, 0.5) is 0 Å². The first-order valence-electron chi connectivity index (χ1n) is 6.23. The van der Waals surface area contributed by atoms with Crippen LogP contribution in [-0.2, 0) is 4.79 Å². The van der Waals surface area contributed by atoms with Crippen molar-refractivity contribution >= 4 is 11.8 Å². The third-order valence-electron chi connectivity index (χ3n) is 2.64. The lowest BCUT2D eigenvalue weighted by atomic mass is 10.0. The van der Waals surface area contributed by atoms with Crippen LogP contribution in [0.2, 0.25) is 0 Å². The average Bonchev–Trinajstić information content (AvgIpc) is 2.42. The van der Waals surface area contributed by atoms with Crippen LogP contribution in [0.3, 0.4) is 0 Å². The van der Waals surface area contributed by atoms with Gasteiger partial charge in [-0.3, -0.25) is 9.59 Å². The minimum atomic E-state index is -0.318. The summed E-state index contributed by atoms with van der Waals surface area (Å²) in [6.07, 6.45) is 0. The van der Waals surface area contributed by atoms with Crippen molar-refractivity contribution in [2.75, 3.05) is 27.2 Å². The van der Waals surface area contributed by atoms with Crippen LogP contribution in [-0.4, -0.2) is 43.9 Å². The number of amides is 2. The highest BCUT2D eigenvalue weighted by Crippen LogP contribution is 2.10. The summed E-state index contributed by atoms with van der Waals surface area (Å²) in [5.41, 5.74) is 7.42. The normalized spacial score (nSPS) is 9.40. The molecule has 0 heterocycles. The van der Waals surface area contributed by atoms with E-state index < -0.39 is 0 Å². The third kappa shape index (κ3) is 4.41. The van der Waals surface area contributed by atoms with Gasteiger partial charge in [-0.25, -0.2) is 0 Å². The lowest BCUT2D eigenvalue weighted by molar-refractivity contribution is -0.127. The van der Waals surface area contributed by atoms with Gasteiger partial charge in [0.05, 0.1) is 18.7 Å². The van der Waals surface area contributed by atoms with E-state index in [0.29, 0.717) is 11.1 Å². The summed E-state index contributed by atoms with van der Waals surface area (Å²) >= 11 is 0. The van der Waals surface area contributed by atoms with E-state index >= 15 is 0 Å². The molecule has 0 fully saturated rings. The summed E-state index contributed by atoms with van der Waals surface area (Å²) in [7, 11) is 3.27. The first-order chi connectivity index (χ1) is 9.45. The maximum absolute atomic E-state index is 12.1. The van der Waals surface area contributed by atoms with Crippen LogP contribution in [0.15, 0.2) is 18.2 Å². The van der Waals surface area contributed by atoms with Crippen LogP contribution in [0, 0.1) is 18.8 Å². The average molecular weight is 273 g/mol. The Morgan fingerprint density at radius 1 is 1.35 bits per heavy atom. The zero-order chi connectivity index (χ0) is 15.1. The number of benzene rings is 1. The summed E-state index contributed by atoms with van der Waals surface area (Å²) in [4.78, 5) is 25.0. The van der Waals surface area contributed by atoms with Crippen molar-refractivity contribution in [3.63, 3.8) is 0 Å². The molecule has 1 aromatic rings. The van der Waals surface area contributed by atoms with E-state index in [1.54, 1.807) is 20.2 Å². The van der Waals surface area contributed by atoms with Crippen molar-refractivity contribution in [3.05, 3.63) is 34.9 Å². The van der Waals surface area contributed by atoms with Crippen LogP contribution in [0.25, 0.3) is 0 Å². The van der Waals surface area contributed by atoms with Crippen molar-refractivity contribution in [1.29, 1.82) is 0 Å². The van der Waals surface area contributed by atoms with Crippen LogP contribution >= 0.6 is 0 Å². The molecule has 20 heavy (non-hydrogen) atoms. The van der Waals surface area contributed by atoms with Gasteiger partial charge in [0, 0.05) is 19.7 Å². The molecule has 106 valence electrons. The smallest absolute Gasteiger partial charge is 0.252 e. The Kier molecular flexibility index (Phi) is 5.75. The molecule has 0 radical (unpaired) electrons. The van der Waals surface area contributed by atoms with E-state index in [2.05, 4.69) is 17.2 Å². The molecule has 0 aliphatic carbocycles. The Morgan fingerprint density at radius 2 is 2.05 bits per heavy atom. The molecule has 0 saturated carbocycles. The second kappa shape index (κ2) is 7.31. The fourth-order valence-electron chi connectivity index (χ4n) is 1.51. The van der Waals surface area contributed by atoms with Gasteiger partial charge in [-0.15, -0.1) is 0 Å². The summed E-state index contributed by atoms with van der Waals surface area (Å²) in [5.74, 6) is 5.12. The number of rotatable bonds is 3. The molecule has 0 saturated heterocycles. The zero-order valence-electron chi connectivity index (χ0n) is 12.0. The van der Waals surface area contributed by atoms with E-state index in [9.17, 15) is 9.59 Å². The predicted octanol–water partition coefficient (Wildman–Crippen LogP) is 0.123. The minimum absolute atomic E-state index is 0.0382. The monoisotopic (exact) mass is 273 g/mol. The zero-order valence-corrected chi connectivity index (χ0v) is 12.0. The largest absolute Gasteiger partial charge is 0.347 e. The molecule has 5 heteroatoms. The fourth-order valence-corrected chi connectivity index (χ4v) is 1.51. The molecular formula is C15H19N3O2.